The van der Waals surface area contributed by atoms with Crippen LogP contribution in [0.1, 0.15) is 16.1 Å². The number of nitrogens with zero attached hydrogens (tertiary/aromatic N) is 4. The molecule has 0 atom stereocenters. The van der Waals surface area contributed by atoms with Crippen molar-refractivity contribution in [3.05, 3.63) is 41.8 Å². The highest BCUT2D eigenvalue weighted by Crippen LogP contribution is 2.31. The number of para-hydroxylation sites is 1. The maximum absolute atomic E-state index is 13.0. The lowest BCUT2D eigenvalue weighted by molar-refractivity contribution is 0.0390. The van der Waals surface area contributed by atoms with Crippen molar-refractivity contribution in [2.75, 3.05) is 44.3 Å². The molecule has 8 heteroatoms. The summed E-state index contributed by atoms with van der Waals surface area (Å²) in [5.41, 5.74) is 2.04. The number of ether oxygens (including phenoxy) is 1. The summed E-state index contributed by atoms with van der Waals surface area (Å²) < 4.78 is 11.6. The molecule has 3 aromatic rings. The van der Waals surface area contributed by atoms with Gasteiger partial charge in [0.1, 0.15) is 0 Å². The monoisotopic (exact) mass is 372 g/mol. The Morgan fingerprint density at radius 3 is 2.88 bits per heavy atom. The van der Waals surface area contributed by atoms with E-state index in [-0.39, 0.29) is 11.7 Å². The molecule has 26 heavy (non-hydrogen) atoms. The second kappa shape index (κ2) is 7.53. The molecule has 0 bridgehead atoms. The maximum Gasteiger partial charge on any atom is 0.298 e. The summed E-state index contributed by atoms with van der Waals surface area (Å²) in [5, 5.41) is 4.34. The van der Waals surface area contributed by atoms with Gasteiger partial charge in [-0.1, -0.05) is 28.6 Å². The topological polar surface area (TPSA) is 71.7 Å². The van der Waals surface area contributed by atoms with Crippen molar-refractivity contribution < 1.29 is 14.1 Å². The van der Waals surface area contributed by atoms with Gasteiger partial charge >= 0.3 is 0 Å². The van der Waals surface area contributed by atoms with Crippen LogP contribution in [0.25, 0.3) is 10.2 Å². The van der Waals surface area contributed by atoms with Crippen LogP contribution in [0.4, 0.5) is 5.13 Å². The number of carbonyl (C=O) groups is 1. The summed E-state index contributed by atoms with van der Waals surface area (Å²) in [5.74, 6) is 0.00965. The molecule has 1 fully saturated rings. The first-order valence-electron chi connectivity index (χ1n) is 8.61. The molecule has 136 valence electrons. The summed E-state index contributed by atoms with van der Waals surface area (Å²) in [6, 6.07) is 7.66. The Kier molecular flexibility index (Phi) is 4.96. The summed E-state index contributed by atoms with van der Waals surface area (Å²) in [4.78, 5) is 21.7. The van der Waals surface area contributed by atoms with E-state index in [1.165, 1.54) is 17.5 Å². The number of anilines is 1. The standard InChI is InChI=1S/C18H20N4O3S/c1-13-3-2-4-15-16(13)20-18(26-15)22(17(23)14-5-6-19-25-14)8-7-21-9-11-24-12-10-21/h2-6H,7-12H2,1H3. The zero-order valence-electron chi connectivity index (χ0n) is 14.6. The largest absolute Gasteiger partial charge is 0.379 e. The van der Waals surface area contributed by atoms with Gasteiger partial charge in [-0.2, -0.15) is 0 Å². The van der Waals surface area contributed by atoms with Crippen molar-refractivity contribution in [3.8, 4) is 0 Å². The van der Waals surface area contributed by atoms with Crippen LogP contribution in [0.3, 0.4) is 0 Å². The third-order valence-electron chi connectivity index (χ3n) is 4.48. The van der Waals surface area contributed by atoms with Gasteiger partial charge in [-0.15, -0.1) is 0 Å². The van der Waals surface area contributed by atoms with E-state index < -0.39 is 0 Å². The van der Waals surface area contributed by atoms with E-state index in [2.05, 4.69) is 10.1 Å². The third-order valence-corrected chi connectivity index (χ3v) is 5.52. The predicted molar refractivity (Wildman–Crippen MR) is 99.8 cm³/mol. The number of thiazole rings is 1. The zero-order valence-corrected chi connectivity index (χ0v) is 15.4. The number of aromatic nitrogens is 2. The Morgan fingerprint density at radius 1 is 1.31 bits per heavy atom. The smallest absolute Gasteiger partial charge is 0.298 e. The molecule has 1 aliphatic heterocycles. The van der Waals surface area contributed by atoms with Gasteiger partial charge in [0.2, 0.25) is 5.76 Å². The normalized spacial score (nSPS) is 15.4. The Bertz CT molecular complexity index is 887. The molecule has 7 nitrogen and oxygen atoms in total. The number of hydrogen-bond acceptors (Lipinski definition) is 7. The number of amides is 1. The number of aryl methyl sites for hydroxylation is 1. The third kappa shape index (κ3) is 3.48. The second-order valence-corrected chi connectivity index (χ2v) is 7.21. The lowest BCUT2D eigenvalue weighted by Gasteiger charge is -2.28. The van der Waals surface area contributed by atoms with E-state index in [1.807, 2.05) is 25.1 Å². The fraction of sp³-hybridized carbons (Fsp3) is 0.389. The SMILES string of the molecule is Cc1cccc2sc(N(CCN3CCOCC3)C(=O)c3ccno3)nc12. The van der Waals surface area contributed by atoms with E-state index in [0.29, 0.717) is 11.7 Å². The van der Waals surface area contributed by atoms with E-state index in [4.69, 9.17) is 14.2 Å². The maximum atomic E-state index is 13.0. The van der Waals surface area contributed by atoms with Gasteiger partial charge < -0.3 is 9.26 Å². The second-order valence-electron chi connectivity index (χ2n) is 6.21. The van der Waals surface area contributed by atoms with Gasteiger partial charge in [0.25, 0.3) is 5.91 Å². The molecule has 0 aliphatic carbocycles. The Labute approximate surface area is 155 Å². The fourth-order valence-electron chi connectivity index (χ4n) is 3.00. The van der Waals surface area contributed by atoms with Crippen LogP contribution in [0.5, 0.6) is 0 Å². The minimum atomic E-state index is -0.215. The number of rotatable bonds is 5. The van der Waals surface area contributed by atoms with Crippen molar-refractivity contribution >= 4 is 32.6 Å². The van der Waals surface area contributed by atoms with Crippen molar-refractivity contribution in [1.29, 1.82) is 0 Å². The molecule has 0 spiro atoms. The van der Waals surface area contributed by atoms with Crippen molar-refractivity contribution in [1.82, 2.24) is 15.0 Å². The summed E-state index contributed by atoms with van der Waals surface area (Å²) in [6.07, 6.45) is 1.48. The van der Waals surface area contributed by atoms with Gasteiger partial charge in [-0.05, 0) is 18.6 Å². The molecule has 0 N–H and O–H groups in total. The molecule has 3 heterocycles. The first kappa shape index (κ1) is 17.1. The van der Waals surface area contributed by atoms with Gasteiger partial charge in [-0.3, -0.25) is 14.6 Å². The van der Waals surface area contributed by atoms with E-state index in [9.17, 15) is 4.79 Å². The molecule has 0 radical (unpaired) electrons. The molecule has 1 aromatic carbocycles. The van der Waals surface area contributed by atoms with Crippen LogP contribution < -0.4 is 4.90 Å². The van der Waals surface area contributed by atoms with Crippen LogP contribution >= 0.6 is 11.3 Å². The van der Waals surface area contributed by atoms with Gasteiger partial charge in [0.05, 0.1) is 29.6 Å². The molecule has 4 rings (SSSR count). The lowest BCUT2D eigenvalue weighted by Crippen LogP contribution is -2.43. The first-order valence-corrected chi connectivity index (χ1v) is 9.43. The van der Waals surface area contributed by atoms with Gasteiger partial charge in [0, 0.05) is 32.2 Å². The Morgan fingerprint density at radius 2 is 2.15 bits per heavy atom. The average molecular weight is 372 g/mol. The van der Waals surface area contributed by atoms with Gasteiger partial charge in [-0.25, -0.2) is 4.98 Å². The summed E-state index contributed by atoms with van der Waals surface area (Å²) in [7, 11) is 0. The molecule has 0 unspecified atom stereocenters. The highest BCUT2D eigenvalue weighted by atomic mass is 32.1. The van der Waals surface area contributed by atoms with Crippen LogP contribution in [0.15, 0.2) is 35.0 Å². The average Bonchev–Trinajstić information content (AvgIpc) is 3.33. The quantitative estimate of drug-likeness (QED) is 0.685. The first-order chi connectivity index (χ1) is 12.7. The number of morpholine rings is 1. The minimum absolute atomic E-state index is 0.215. The Hall–Kier alpha value is -2.29. The van der Waals surface area contributed by atoms with Crippen LogP contribution in [0.2, 0.25) is 0 Å². The molecule has 1 amide bonds. The molecule has 2 aromatic heterocycles. The predicted octanol–water partition coefficient (Wildman–Crippen LogP) is 2.57. The highest BCUT2D eigenvalue weighted by Gasteiger charge is 2.25. The van der Waals surface area contributed by atoms with E-state index in [0.717, 1.165) is 48.6 Å². The van der Waals surface area contributed by atoms with E-state index in [1.54, 1.807) is 11.0 Å². The van der Waals surface area contributed by atoms with Crippen molar-refractivity contribution in [2.45, 2.75) is 6.92 Å². The number of benzene rings is 1. The van der Waals surface area contributed by atoms with Crippen molar-refractivity contribution in [2.24, 2.45) is 0 Å². The number of hydrogen-bond donors (Lipinski definition) is 0. The molecule has 1 saturated heterocycles. The summed E-state index contributed by atoms with van der Waals surface area (Å²) in [6.45, 7) is 6.55. The van der Waals surface area contributed by atoms with Crippen LogP contribution in [-0.2, 0) is 4.74 Å². The summed E-state index contributed by atoms with van der Waals surface area (Å²) >= 11 is 1.52. The van der Waals surface area contributed by atoms with Crippen LogP contribution in [0, 0.1) is 6.92 Å². The van der Waals surface area contributed by atoms with Crippen molar-refractivity contribution in [3.63, 3.8) is 0 Å². The molecular weight excluding hydrogens is 352 g/mol. The minimum Gasteiger partial charge on any atom is -0.379 e. The fourth-order valence-corrected chi connectivity index (χ4v) is 4.07. The highest BCUT2D eigenvalue weighted by molar-refractivity contribution is 7.22. The molecular formula is C18H20N4O3S. The Balaban J connectivity index is 1.62. The van der Waals surface area contributed by atoms with E-state index >= 15 is 0 Å². The van der Waals surface area contributed by atoms with Gasteiger partial charge in [0.15, 0.2) is 5.13 Å². The zero-order chi connectivity index (χ0) is 17.9. The molecule has 1 aliphatic rings. The lowest BCUT2D eigenvalue weighted by atomic mass is 10.2. The number of fused-ring (bicyclic) bond motifs is 1. The number of carbonyl (C=O) groups excluding carboxylic acids is 1. The van der Waals surface area contributed by atoms with Crippen LogP contribution in [-0.4, -0.2) is 60.3 Å². The molecule has 0 saturated carbocycles.